The summed E-state index contributed by atoms with van der Waals surface area (Å²) in [4.78, 5) is 64.9. The van der Waals surface area contributed by atoms with Crippen LogP contribution in [0.3, 0.4) is 0 Å². The topological polar surface area (TPSA) is 148 Å². The summed E-state index contributed by atoms with van der Waals surface area (Å²) >= 11 is 0. The number of carbonyl (C=O) groups is 5. The Morgan fingerprint density at radius 1 is 0.382 bits per heavy atom. The van der Waals surface area contributed by atoms with Crippen molar-refractivity contribution in [2.24, 2.45) is 0 Å². The van der Waals surface area contributed by atoms with E-state index in [1.54, 1.807) is 14.1 Å². The highest BCUT2D eigenvalue weighted by atomic mass is 16.6. The molecule has 11 heteroatoms. The lowest BCUT2D eigenvalue weighted by Gasteiger charge is -2.34. The molecule has 0 aliphatic carbocycles. The molecule has 442 valence electrons. The summed E-state index contributed by atoms with van der Waals surface area (Å²) in [6.07, 6.45) is 59.0. The van der Waals surface area contributed by atoms with Gasteiger partial charge in [-0.05, 0) is 96.3 Å². The monoisotopic (exact) mass is 1070 g/mol. The van der Waals surface area contributed by atoms with E-state index in [2.05, 4.69) is 62.5 Å². The molecule has 1 amide bonds. The molecular weight excluding hydrogens is 953 g/mol. The van der Waals surface area contributed by atoms with Crippen LogP contribution in [0.5, 0.6) is 0 Å². The first-order chi connectivity index (χ1) is 36.9. The molecule has 0 aromatic rings. The number of allylic oxidation sites excluding steroid dienone is 6. The number of likely N-dealkylation sites (N-methyl/N-ethyl adjacent to an activating group) is 1. The van der Waals surface area contributed by atoms with Gasteiger partial charge in [-0.25, -0.2) is 0 Å². The summed E-state index contributed by atoms with van der Waals surface area (Å²) in [5.41, 5.74) is -1.54. The van der Waals surface area contributed by atoms with Crippen molar-refractivity contribution in [3.8, 4) is 0 Å². The largest absolute Gasteiger partial charge is 0.544 e. The highest BCUT2D eigenvalue weighted by Gasteiger charge is 2.38. The van der Waals surface area contributed by atoms with Gasteiger partial charge in [0.2, 0.25) is 5.91 Å². The molecule has 0 bridgehead atoms. The second kappa shape index (κ2) is 53.5. The number of nitrogens with zero attached hydrogens (tertiary/aromatic N) is 1. The average Bonchev–Trinajstić information content (AvgIpc) is 3.39. The fourth-order valence-corrected chi connectivity index (χ4v) is 9.32. The summed E-state index contributed by atoms with van der Waals surface area (Å²) in [7, 11) is 3.39. The van der Waals surface area contributed by atoms with Crippen LogP contribution in [0.15, 0.2) is 36.5 Å². The molecule has 0 unspecified atom stereocenters. The summed E-state index contributed by atoms with van der Waals surface area (Å²) in [6.45, 7) is 5.55. The van der Waals surface area contributed by atoms with Crippen LogP contribution in [0.1, 0.15) is 297 Å². The number of ether oxygens (including phenoxy) is 3. The molecule has 0 fully saturated rings. The number of nitrogens with one attached hydrogen (secondary N) is 1. The van der Waals surface area contributed by atoms with Crippen LogP contribution in [0.2, 0.25) is 0 Å². The van der Waals surface area contributed by atoms with Crippen LogP contribution in [-0.4, -0.2) is 86.8 Å². The molecule has 0 aliphatic heterocycles. The Bertz CT molecular complexity index is 1350. The SMILES string of the molecule is CCCCCCCCC=CCCCCCCCC(=O)OCC(COC(=O)CCCCCCC/C=C\CCCCCCCC)(COC(=O)CCCCCCC/C=C\CCCCCCCC)NC(=O)CC[N+](C)(C)CC(=O)[O-]. The van der Waals surface area contributed by atoms with Gasteiger partial charge in [-0.1, -0.05) is 211 Å². The fourth-order valence-electron chi connectivity index (χ4n) is 9.32. The van der Waals surface area contributed by atoms with E-state index < -0.39 is 35.3 Å². The number of carboxylic acids is 1. The zero-order valence-corrected chi connectivity index (χ0v) is 50.0. The van der Waals surface area contributed by atoms with Gasteiger partial charge in [-0.15, -0.1) is 0 Å². The van der Waals surface area contributed by atoms with Gasteiger partial charge in [0.1, 0.15) is 31.9 Å². The van der Waals surface area contributed by atoms with E-state index in [1.165, 1.54) is 116 Å². The maximum atomic E-state index is 13.7. The predicted octanol–water partition coefficient (Wildman–Crippen LogP) is 15.8. The van der Waals surface area contributed by atoms with E-state index in [-0.39, 0.29) is 63.1 Å². The van der Waals surface area contributed by atoms with E-state index in [0.29, 0.717) is 19.3 Å². The number of hydrogen-bond donors (Lipinski definition) is 1. The number of esters is 3. The molecule has 0 aromatic heterocycles. The van der Waals surface area contributed by atoms with Gasteiger partial charge < -0.3 is 33.9 Å². The highest BCUT2D eigenvalue weighted by molar-refractivity contribution is 5.77. The van der Waals surface area contributed by atoms with Crippen LogP contribution in [-0.2, 0) is 38.2 Å². The molecule has 0 saturated heterocycles. The highest BCUT2D eigenvalue weighted by Crippen LogP contribution is 2.18. The maximum Gasteiger partial charge on any atom is 0.305 e. The number of rotatable bonds is 57. The van der Waals surface area contributed by atoms with Crippen LogP contribution < -0.4 is 10.4 Å². The third-order valence-corrected chi connectivity index (χ3v) is 14.4. The first kappa shape index (κ1) is 72.5. The third-order valence-electron chi connectivity index (χ3n) is 14.4. The molecule has 0 aromatic carbocycles. The van der Waals surface area contributed by atoms with E-state index in [9.17, 15) is 29.1 Å². The van der Waals surface area contributed by atoms with Gasteiger partial charge in [-0.3, -0.25) is 19.2 Å². The second-order valence-corrected chi connectivity index (χ2v) is 22.8. The summed E-state index contributed by atoms with van der Waals surface area (Å²) < 4.78 is 17.5. The van der Waals surface area contributed by atoms with Crippen molar-refractivity contribution in [3.63, 3.8) is 0 Å². The third kappa shape index (κ3) is 51.3. The predicted molar refractivity (Wildman–Crippen MR) is 314 cm³/mol. The minimum absolute atomic E-state index is 0.00355. The number of unbranched alkanes of at least 4 members (excludes halogenated alkanes) is 33. The number of amides is 1. The lowest BCUT2D eigenvalue weighted by atomic mass is 10.0. The van der Waals surface area contributed by atoms with Crippen LogP contribution in [0.4, 0.5) is 0 Å². The normalized spacial score (nSPS) is 12.1. The average molecular weight is 1070 g/mol. The number of carboxylic acid groups (broad SMARTS) is 1. The number of hydrogen-bond acceptors (Lipinski definition) is 9. The van der Waals surface area contributed by atoms with Crippen molar-refractivity contribution in [1.82, 2.24) is 5.32 Å². The van der Waals surface area contributed by atoms with Gasteiger partial charge in [0, 0.05) is 19.3 Å². The lowest BCUT2D eigenvalue weighted by Crippen LogP contribution is -2.60. The van der Waals surface area contributed by atoms with E-state index in [0.717, 1.165) is 116 Å². The quantitative estimate of drug-likeness (QED) is 0.0207. The van der Waals surface area contributed by atoms with Crippen molar-refractivity contribution in [1.29, 1.82) is 0 Å². The molecule has 11 nitrogen and oxygen atoms in total. The summed E-state index contributed by atoms with van der Waals surface area (Å²) in [5, 5.41) is 14.4. The molecule has 76 heavy (non-hydrogen) atoms. The molecule has 0 aliphatic rings. The molecule has 0 saturated carbocycles. The molecule has 0 rings (SSSR count). The van der Waals surface area contributed by atoms with Crippen LogP contribution in [0, 0.1) is 0 Å². The molecule has 0 radical (unpaired) electrons. The maximum absolute atomic E-state index is 13.7. The van der Waals surface area contributed by atoms with Crippen molar-refractivity contribution in [3.05, 3.63) is 36.5 Å². The smallest absolute Gasteiger partial charge is 0.305 e. The minimum atomic E-state index is -1.54. The molecule has 0 spiro atoms. The van der Waals surface area contributed by atoms with E-state index in [1.807, 2.05) is 0 Å². The van der Waals surface area contributed by atoms with Crippen LogP contribution in [0.25, 0.3) is 0 Å². The Balaban J connectivity index is 5.46. The van der Waals surface area contributed by atoms with Crippen LogP contribution >= 0.6 is 0 Å². The fraction of sp³-hybridized carbons (Fsp3) is 0.831. The van der Waals surface area contributed by atoms with E-state index in [4.69, 9.17) is 14.2 Å². The zero-order valence-electron chi connectivity index (χ0n) is 50.0. The van der Waals surface area contributed by atoms with E-state index >= 15 is 0 Å². The van der Waals surface area contributed by atoms with Gasteiger partial charge >= 0.3 is 17.9 Å². The van der Waals surface area contributed by atoms with Crippen molar-refractivity contribution in [2.45, 2.75) is 302 Å². The molecule has 1 N–H and O–H groups in total. The summed E-state index contributed by atoms with van der Waals surface area (Å²) in [5.74, 6) is -3.03. The Kier molecular flexibility index (Phi) is 51.1. The summed E-state index contributed by atoms with van der Waals surface area (Å²) in [6, 6.07) is 0. The Morgan fingerprint density at radius 3 is 0.895 bits per heavy atom. The number of carbonyl (C=O) groups excluding carboxylic acids is 5. The van der Waals surface area contributed by atoms with Crippen molar-refractivity contribution in [2.75, 3.05) is 47.0 Å². The van der Waals surface area contributed by atoms with Crippen molar-refractivity contribution >= 4 is 29.8 Å². The number of aliphatic carboxylic acids is 1. The first-order valence-corrected chi connectivity index (χ1v) is 31.6. The van der Waals surface area contributed by atoms with Gasteiger partial charge in [-0.2, -0.15) is 0 Å². The Morgan fingerprint density at radius 2 is 0.632 bits per heavy atom. The standard InChI is InChI=1S/C65H118N2O9/c1-6-9-12-15-18-21-24-27-30-33-36-39-42-45-48-51-62(71)74-57-65(66-60(68)54-55-67(4,5)56-61(69)70,58-75-63(72)52-49-46-43-40-37-34-31-28-25-22-19-16-13-10-7-2)59-76-64(73)53-50-47-44-41-38-35-32-29-26-23-20-17-14-11-8-3/h27-32H,6-26,33-59H2,1-5H3,(H-,66,68,69,70)/b30-27-,31-28-,32-29?. The zero-order chi connectivity index (χ0) is 55.9. The lowest BCUT2D eigenvalue weighted by molar-refractivity contribution is -0.884. The molecule has 0 heterocycles. The van der Waals surface area contributed by atoms with Gasteiger partial charge in [0.25, 0.3) is 0 Å². The number of quaternary nitrogens is 1. The van der Waals surface area contributed by atoms with Crippen molar-refractivity contribution < 1.29 is 47.8 Å². The molecular formula is C65H118N2O9. The molecule has 0 atom stereocenters. The second-order valence-electron chi connectivity index (χ2n) is 22.8. The Labute approximate surface area is 466 Å². The minimum Gasteiger partial charge on any atom is -0.544 e. The van der Waals surface area contributed by atoms with Gasteiger partial charge in [0.05, 0.1) is 33.0 Å². The first-order valence-electron chi connectivity index (χ1n) is 31.6. The Hall–Kier alpha value is -3.47. The van der Waals surface area contributed by atoms with Gasteiger partial charge in [0.15, 0.2) is 0 Å².